The first-order valence-electron chi connectivity index (χ1n) is 4.75. The molecule has 0 aliphatic carbocycles. The molecule has 0 aromatic heterocycles. The third-order valence-electron chi connectivity index (χ3n) is 2.06. The molecule has 0 heterocycles. The van der Waals surface area contributed by atoms with Gasteiger partial charge in [-0.3, -0.25) is 0 Å². The van der Waals surface area contributed by atoms with Gasteiger partial charge in [0.2, 0.25) is 0 Å². The molecule has 0 unspecified atom stereocenters. The first kappa shape index (κ1) is 14.1. The molecule has 6 heteroatoms. The lowest BCUT2D eigenvalue weighted by atomic mass is 10.3. The van der Waals surface area contributed by atoms with Crippen LogP contribution in [0.3, 0.4) is 0 Å². The van der Waals surface area contributed by atoms with E-state index in [0.717, 1.165) is 0 Å². The number of rotatable bonds is 2. The molecule has 0 amide bonds. The summed E-state index contributed by atoms with van der Waals surface area (Å²) in [5, 5.41) is 1.77. The van der Waals surface area contributed by atoms with E-state index in [4.69, 9.17) is 62.7 Å². The zero-order valence-corrected chi connectivity index (χ0v) is 12.5. The van der Waals surface area contributed by atoms with Crippen LogP contribution >= 0.6 is 58.0 Å². The maximum Gasteiger partial charge on any atom is 0.147 e. The molecule has 0 radical (unpaired) electrons. The van der Waals surface area contributed by atoms with Crippen molar-refractivity contribution in [1.82, 2.24) is 0 Å². The molecule has 18 heavy (non-hydrogen) atoms. The zero-order chi connectivity index (χ0) is 13.3. The van der Waals surface area contributed by atoms with E-state index in [-0.39, 0.29) is 10.0 Å². The van der Waals surface area contributed by atoms with Gasteiger partial charge in [-0.15, -0.1) is 0 Å². The van der Waals surface area contributed by atoms with Gasteiger partial charge in [-0.1, -0.05) is 58.0 Å². The summed E-state index contributed by atoms with van der Waals surface area (Å²) in [6.07, 6.45) is 0. The Morgan fingerprint density at radius 2 is 1.33 bits per heavy atom. The van der Waals surface area contributed by atoms with Crippen molar-refractivity contribution < 1.29 is 4.74 Å². The summed E-state index contributed by atoms with van der Waals surface area (Å²) in [7, 11) is 0. The molecule has 0 N–H and O–H groups in total. The molecular weight excluding hydrogens is 337 g/mol. The van der Waals surface area contributed by atoms with Gasteiger partial charge in [0.25, 0.3) is 0 Å². The van der Waals surface area contributed by atoms with Gasteiger partial charge in [0.05, 0.1) is 10.0 Å². The van der Waals surface area contributed by atoms with Gasteiger partial charge in [0.15, 0.2) is 0 Å². The quantitative estimate of drug-likeness (QED) is 0.549. The van der Waals surface area contributed by atoms with Crippen molar-refractivity contribution in [1.29, 1.82) is 0 Å². The Labute approximate surface area is 129 Å². The van der Waals surface area contributed by atoms with Gasteiger partial charge in [0, 0.05) is 10.0 Å². The minimum Gasteiger partial charge on any atom is -0.456 e. The number of benzene rings is 2. The van der Waals surface area contributed by atoms with E-state index in [1.807, 2.05) is 0 Å². The molecule has 0 spiro atoms. The molecule has 2 aromatic carbocycles. The maximum atomic E-state index is 6.02. The Balaban J connectivity index is 2.37. The van der Waals surface area contributed by atoms with Crippen molar-refractivity contribution >= 4 is 58.0 Å². The SMILES string of the molecule is Clc1cc(Cl)cc(Oc2ccc(Cl)c(Cl)c2Cl)c1. The van der Waals surface area contributed by atoms with Crippen molar-refractivity contribution in [3.63, 3.8) is 0 Å². The van der Waals surface area contributed by atoms with E-state index in [1.54, 1.807) is 30.3 Å². The third-order valence-corrected chi connectivity index (χ3v) is 3.78. The Morgan fingerprint density at radius 3 is 1.94 bits per heavy atom. The van der Waals surface area contributed by atoms with Crippen LogP contribution in [0.15, 0.2) is 30.3 Å². The van der Waals surface area contributed by atoms with E-state index in [1.165, 1.54) is 0 Å². The smallest absolute Gasteiger partial charge is 0.147 e. The van der Waals surface area contributed by atoms with Crippen LogP contribution in [0.25, 0.3) is 0 Å². The van der Waals surface area contributed by atoms with Crippen molar-refractivity contribution in [2.24, 2.45) is 0 Å². The van der Waals surface area contributed by atoms with Crippen LogP contribution in [0.1, 0.15) is 0 Å². The second-order valence-corrected chi connectivity index (χ2v) is 5.42. The molecule has 2 rings (SSSR count). The molecule has 2 aromatic rings. The summed E-state index contributed by atoms with van der Waals surface area (Å²) in [5.74, 6) is 0.845. The Bertz CT molecular complexity index is 577. The van der Waals surface area contributed by atoms with Gasteiger partial charge in [-0.2, -0.15) is 0 Å². The minimum absolute atomic E-state index is 0.236. The molecule has 0 aliphatic heterocycles. The predicted octanol–water partition coefficient (Wildman–Crippen LogP) is 6.75. The maximum absolute atomic E-state index is 6.02. The van der Waals surface area contributed by atoms with Gasteiger partial charge in [0.1, 0.15) is 16.5 Å². The topological polar surface area (TPSA) is 9.23 Å². The average Bonchev–Trinajstić information content (AvgIpc) is 2.29. The van der Waals surface area contributed by atoms with Crippen molar-refractivity contribution in [2.45, 2.75) is 0 Å². The summed E-state index contributed by atoms with van der Waals surface area (Å²) in [6, 6.07) is 8.05. The number of halogens is 5. The summed E-state index contributed by atoms with van der Waals surface area (Å²) < 4.78 is 5.56. The molecule has 0 saturated heterocycles. The van der Waals surface area contributed by atoms with Crippen LogP contribution < -0.4 is 4.74 Å². The van der Waals surface area contributed by atoms with E-state index in [9.17, 15) is 0 Å². The van der Waals surface area contributed by atoms with E-state index in [0.29, 0.717) is 26.6 Å². The molecule has 0 atom stereocenters. The fourth-order valence-corrected chi connectivity index (χ4v) is 2.37. The highest BCUT2D eigenvalue weighted by Gasteiger charge is 2.11. The molecule has 0 fully saturated rings. The van der Waals surface area contributed by atoms with Crippen LogP contribution in [0, 0.1) is 0 Å². The minimum atomic E-state index is 0.236. The number of hydrogen-bond acceptors (Lipinski definition) is 1. The highest BCUT2D eigenvalue weighted by Crippen LogP contribution is 2.39. The molecular formula is C12H5Cl5O. The highest BCUT2D eigenvalue weighted by atomic mass is 35.5. The summed E-state index contributed by atoms with van der Waals surface area (Å²) >= 11 is 29.5. The lowest BCUT2D eigenvalue weighted by molar-refractivity contribution is 0.483. The van der Waals surface area contributed by atoms with Crippen LogP contribution in [-0.2, 0) is 0 Å². The number of hydrogen-bond donors (Lipinski definition) is 0. The molecule has 1 nitrogen and oxygen atoms in total. The van der Waals surface area contributed by atoms with Crippen LogP contribution in [-0.4, -0.2) is 0 Å². The van der Waals surface area contributed by atoms with Crippen LogP contribution in [0.5, 0.6) is 11.5 Å². The summed E-state index contributed by atoms with van der Waals surface area (Å²) in [6.45, 7) is 0. The van der Waals surface area contributed by atoms with Crippen molar-refractivity contribution in [2.75, 3.05) is 0 Å². The van der Waals surface area contributed by atoms with E-state index < -0.39 is 0 Å². The molecule has 0 saturated carbocycles. The second-order valence-electron chi connectivity index (χ2n) is 3.38. The van der Waals surface area contributed by atoms with Crippen molar-refractivity contribution in [3.05, 3.63) is 55.4 Å². The normalized spacial score (nSPS) is 10.5. The monoisotopic (exact) mass is 340 g/mol. The largest absolute Gasteiger partial charge is 0.456 e. The number of ether oxygens (including phenoxy) is 1. The fraction of sp³-hybridized carbons (Fsp3) is 0. The standard InChI is InChI=1S/C12H5Cl5O/c13-6-3-7(14)5-8(4-6)18-10-2-1-9(15)11(16)12(10)17/h1-5H. The first-order chi connectivity index (χ1) is 8.47. The van der Waals surface area contributed by atoms with E-state index in [2.05, 4.69) is 0 Å². The lowest BCUT2D eigenvalue weighted by Gasteiger charge is -2.10. The second kappa shape index (κ2) is 5.77. The van der Waals surface area contributed by atoms with Gasteiger partial charge >= 0.3 is 0 Å². The van der Waals surface area contributed by atoms with Crippen LogP contribution in [0.4, 0.5) is 0 Å². The molecule has 94 valence electrons. The highest BCUT2D eigenvalue weighted by molar-refractivity contribution is 6.48. The molecule has 0 bridgehead atoms. The third kappa shape index (κ3) is 3.17. The van der Waals surface area contributed by atoms with Gasteiger partial charge < -0.3 is 4.74 Å². The molecule has 0 aliphatic rings. The zero-order valence-electron chi connectivity index (χ0n) is 8.68. The summed E-state index contributed by atoms with van der Waals surface area (Å²) in [5.41, 5.74) is 0. The summed E-state index contributed by atoms with van der Waals surface area (Å²) in [4.78, 5) is 0. The Kier molecular flexibility index (Phi) is 4.52. The average molecular weight is 342 g/mol. The van der Waals surface area contributed by atoms with Gasteiger partial charge in [-0.25, -0.2) is 0 Å². The predicted molar refractivity (Wildman–Crippen MR) is 78.0 cm³/mol. The van der Waals surface area contributed by atoms with Crippen molar-refractivity contribution in [3.8, 4) is 11.5 Å². The van der Waals surface area contributed by atoms with E-state index >= 15 is 0 Å². The Hall–Kier alpha value is -0.310. The fourth-order valence-electron chi connectivity index (χ4n) is 1.30. The van der Waals surface area contributed by atoms with Crippen LogP contribution in [0.2, 0.25) is 25.1 Å². The van der Waals surface area contributed by atoms with Gasteiger partial charge in [-0.05, 0) is 30.3 Å². The lowest BCUT2D eigenvalue weighted by Crippen LogP contribution is -1.86. The Morgan fingerprint density at radius 1 is 0.722 bits per heavy atom. The first-order valence-corrected chi connectivity index (χ1v) is 6.64.